The molecule has 20 heavy (non-hydrogen) atoms. The van der Waals surface area contributed by atoms with Gasteiger partial charge in [0.15, 0.2) is 0 Å². The van der Waals surface area contributed by atoms with Crippen molar-refractivity contribution in [1.82, 2.24) is 14.9 Å². The predicted octanol–water partition coefficient (Wildman–Crippen LogP) is 2.08. The molecule has 2 aromatic rings. The minimum absolute atomic E-state index is 0.00431. The first-order valence-corrected chi connectivity index (χ1v) is 6.84. The van der Waals surface area contributed by atoms with Crippen LogP contribution in [0.1, 0.15) is 31.7 Å². The van der Waals surface area contributed by atoms with Crippen LogP contribution in [0.4, 0.5) is 4.79 Å². The minimum Gasteiger partial charge on any atom is -0.465 e. The molecule has 1 saturated carbocycles. The van der Waals surface area contributed by atoms with E-state index >= 15 is 0 Å². The van der Waals surface area contributed by atoms with Crippen molar-refractivity contribution in [3.8, 4) is 0 Å². The molecule has 1 aliphatic rings. The van der Waals surface area contributed by atoms with Crippen LogP contribution in [-0.4, -0.2) is 26.8 Å². The van der Waals surface area contributed by atoms with Crippen LogP contribution in [0.5, 0.6) is 0 Å². The highest BCUT2D eigenvalue weighted by molar-refractivity contribution is 5.75. The van der Waals surface area contributed by atoms with E-state index in [1.807, 2.05) is 28.8 Å². The van der Waals surface area contributed by atoms with E-state index in [4.69, 9.17) is 5.11 Å². The lowest BCUT2D eigenvalue weighted by Crippen LogP contribution is -2.38. The Labute approximate surface area is 115 Å². The number of para-hydroxylation sites is 2. The number of rotatable bonds is 2. The van der Waals surface area contributed by atoms with Crippen LogP contribution in [-0.2, 0) is 0 Å². The first-order chi connectivity index (χ1) is 9.65. The summed E-state index contributed by atoms with van der Waals surface area (Å²) >= 11 is 0. The molecule has 1 aliphatic carbocycles. The van der Waals surface area contributed by atoms with E-state index in [2.05, 4.69) is 10.3 Å². The summed E-state index contributed by atoms with van der Waals surface area (Å²) in [6.45, 7) is 0. The van der Waals surface area contributed by atoms with Gasteiger partial charge in [-0.3, -0.25) is 4.57 Å². The predicted molar refractivity (Wildman–Crippen MR) is 75.0 cm³/mol. The van der Waals surface area contributed by atoms with E-state index < -0.39 is 6.09 Å². The smallest absolute Gasteiger partial charge is 0.404 e. The van der Waals surface area contributed by atoms with Gasteiger partial charge in [0.1, 0.15) is 0 Å². The molecule has 6 nitrogen and oxygen atoms in total. The Morgan fingerprint density at radius 3 is 2.65 bits per heavy atom. The molecule has 0 radical (unpaired) electrons. The molecule has 3 rings (SSSR count). The topological polar surface area (TPSA) is 87.1 Å². The Morgan fingerprint density at radius 1 is 1.25 bits per heavy atom. The Balaban J connectivity index is 1.82. The number of nitrogens with zero attached hydrogens (tertiary/aromatic N) is 1. The number of aromatic amines is 1. The number of H-pyrrole nitrogens is 1. The number of hydrogen-bond donors (Lipinski definition) is 3. The van der Waals surface area contributed by atoms with Crippen molar-refractivity contribution in [1.29, 1.82) is 0 Å². The van der Waals surface area contributed by atoms with E-state index in [-0.39, 0.29) is 17.8 Å². The van der Waals surface area contributed by atoms with Gasteiger partial charge in [-0.1, -0.05) is 12.1 Å². The van der Waals surface area contributed by atoms with Gasteiger partial charge in [0.05, 0.1) is 11.0 Å². The lowest BCUT2D eigenvalue weighted by molar-refractivity contribution is 0.182. The lowest BCUT2D eigenvalue weighted by Gasteiger charge is -2.29. The number of carbonyl (C=O) groups is 1. The molecule has 1 aromatic heterocycles. The minimum atomic E-state index is -0.974. The monoisotopic (exact) mass is 275 g/mol. The summed E-state index contributed by atoms with van der Waals surface area (Å²) in [5.41, 5.74) is 1.69. The Kier molecular flexibility index (Phi) is 3.22. The zero-order valence-electron chi connectivity index (χ0n) is 11.0. The van der Waals surface area contributed by atoms with Crippen molar-refractivity contribution < 1.29 is 9.90 Å². The third-order valence-corrected chi connectivity index (χ3v) is 4.01. The normalized spacial score (nSPS) is 22.8. The van der Waals surface area contributed by atoms with Crippen LogP contribution in [0, 0.1) is 0 Å². The average Bonchev–Trinajstić information content (AvgIpc) is 2.75. The highest BCUT2D eigenvalue weighted by Crippen LogP contribution is 2.29. The van der Waals surface area contributed by atoms with Gasteiger partial charge in [0.25, 0.3) is 0 Å². The summed E-state index contributed by atoms with van der Waals surface area (Å²) in [7, 11) is 0. The average molecular weight is 275 g/mol. The molecule has 106 valence electrons. The van der Waals surface area contributed by atoms with Crippen molar-refractivity contribution in [2.75, 3.05) is 0 Å². The van der Waals surface area contributed by atoms with Gasteiger partial charge in [0, 0.05) is 12.1 Å². The van der Waals surface area contributed by atoms with Crippen molar-refractivity contribution in [3.05, 3.63) is 34.7 Å². The Hall–Kier alpha value is -2.24. The fourth-order valence-corrected chi connectivity index (χ4v) is 3.09. The van der Waals surface area contributed by atoms with Crippen molar-refractivity contribution in [2.24, 2.45) is 0 Å². The zero-order valence-corrected chi connectivity index (χ0v) is 11.0. The highest BCUT2D eigenvalue weighted by Gasteiger charge is 2.25. The summed E-state index contributed by atoms with van der Waals surface area (Å²) < 4.78 is 1.81. The molecule has 0 aliphatic heterocycles. The fraction of sp³-hybridized carbons (Fsp3) is 0.429. The number of imidazole rings is 1. The molecule has 0 bridgehead atoms. The van der Waals surface area contributed by atoms with E-state index in [0.717, 1.165) is 36.7 Å². The molecule has 3 N–H and O–H groups in total. The van der Waals surface area contributed by atoms with Crippen LogP contribution >= 0.6 is 0 Å². The fourth-order valence-electron chi connectivity index (χ4n) is 3.09. The third kappa shape index (κ3) is 2.29. The Morgan fingerprint density at radius 2 is 1.95 bits per heavy atom. The summed E-state index contributed by atoms with van der Waals surface area (Å²) in [6, 6.07) is 7.80. The van der Waals surface area contributed by atoms with Crippen molar-refractivity contribution in [3.63, 3.8) is 0 Å². The van der Waals surface area contributed by atoms with Gasteiger partial charge in [-0.2, -0.15) is 0 Å². The molecule has 1 amide bonds. The van der Waals surface area contributed by atoms with Crippen LogP contribution in [0.25, 0.3) is 11.0 Å². The SMILES string of the molecule is O=C(O)N[C@H]1CC[C@H](n2c(=O)[nH]c3ccccc32)CC1. The zero-order chi connectivity index (χ0) is 14.1. The molecule has 1 heterocycles. The highest BCUT2D eigenvalue weighted by atomic mass is 16.4. The number of nitrogens with one attached hydrogen (secondary N) is 2. The van der Waals surface area contributed by atoms with E-state index in [9.17, 15) is 9.59 Å². The van der Waals surface area contributed by atoms with Crippen molar-refractivity contribution >= 4 is 17.1 Å². The second-order valence-corrected chi connectivity index (χ2v) is 5.27. The van der Waals surface area contributed by atoms with Crippen molar-refractivity contribution in [2.45, 2.75) is 37.8 Å². The summed E-state index contributed by atoms with van der Waals surface area (Å²) in [5, 5.41) is 11.3. The maximum atomic E-state index is 12.1. The van der Waals surface area contributed by atoms with Gasteiger partial charge in [-0.25, -0.2) is 9.59 Å². The molecule has 1 aromatic carbocycles. The molecular weight excluding hydrogens is 258 g/mol. The van der Waals surface area contributed by atoms with Gasteiger partial charge in [-0.05, 0) is 37.8 Å². The number of benzene rings is 1. The van der Waals surface area contributed by atoms with Crippen LogP contribution in [0.15, 0.2) is 29.1 Å². The molecule has 0 unspecified atom stereocenters. The molecule has 6 heteroatoms. The van der Waals surface area contributed by atoms with Crippen LogP contribution < -0.4 is 11.0 Å². The number of amides is 1. The molecule has 1 fully saturated rings. The van der Waals surface area contributed by atoms with Crippen LogP contribution in [0.3, 0.4) is 0 Å². The molecule has 0 spiro atoms. The van der Waals surface area contributed by atoms with E-state index in [1.54, 1.807) is 0 Å². The maximum absolute atomic E-state index is 12.1. The maximum Gasteiger partial charge on any atom is 0.404 e. The number of fused-ring (bicyclic) bond motifs is 1. The standard InChI is InChI=1S/C14H17N3O3/c18-13-16-11-3-1-2-4-12(11)17(13)10-7-5-9(6-8-10)15-14(19)20/h1-4,9-10,15H,5-8H2,(H,16,18)(H,19,20)/t9-,10-. The molecule has 0 atom stereocenters. The number of aromatic nitrogens is 2. The van der Waals surface area contributed by atoms with E-state index in [1.165, 1.54) is 0 Å². The number of hydrogen-bond acceptors (Lipinski definition) is 2. The van der Waals surface area contributed by atoms with Gasteiger partial charge < -0.3 is 15.4 Å². The van der Waals surface area contributed by atoms with Gasteiger partial charge >= 0.3 is 11.8 Å². The Bertz CT molecular complexity index is 680. The summed E-state index contributed by atoms with van der Waals surface area (Å²) in [6.07, 6.45) is 2.18. The van der Waals surface area contributed by atoms with Crippen LogP contribution in [0.2, 0.25) is 0 Å². The van der Waals surface area contributed by atoms with Gasteiger partial charge in [0.2, 0.25) is 0 Å². The largest absolute Gasteiger partial charge is 0.465 e. The second kappa shape index (κ2) is 5.03. The molecule has 0 saturated heterocycles. The second-order valence-electron chi connectivity index (χ2n) is 5.27. The lowest BCUT2D eigenvalue weighted by atomic mass is 9.91. The number of carboxylic acid groups (broad SMARTS) is 1. The van der Waals surface area contributed by atoms with E-state index in [0.29, 0.717) is 0 Å². The summed E-state index contributed by atoms with van der Waals surface area (Å²) in [4.78, 5) is 25.6. The molecular formula is C14H17N3O3. The first kappa shape index (κ1) is 12.8. The van der Waals surface area contributed by atoms with Gasteiger partial charge in [-0.15, -0.1) is 0 Å². The first-order valence-electron chi connectivity index (χ1n) is 6.84. The quantitative estimate of drug-likeness (QED) is 0.784. The summed E-state index contributed by atoms with van der Waals surface area (Å²) in [5.74, 6) is 0. The third-order valence-electron chi connectivity index (χ3n) is 4.01.